The van der Waals surface area contributed by atoms with Gasteiger partial charge in [-0.15, -0.1) is 0 Å². The van der Waals surface area contributed by atoms with Crippen LogP contribution in [0.2, 0.25) is 0 Å². The molecule has 1 aromatic heterocycles. The molecular formula is C18H22N2O2. The minimum atomic E-state index is -1.51. The van der Waals surface area contributed by atoms with Crippen LogP contribution in [0.1, 0.15) is 35.7 Å². The molecule has 0 saturated carbocycles. The predicted octanol–water partition coefficient (Wildman–Crippen LogP) is 2.61. The number of rotatable bonds is 5. The second-order valence-electron chi connectivity index (χ2n) is 5.52. The molecule has 4 nitrogen and oxygen atoms in total. The van der Waals surface area contributed by atoms with E-state index in [1.165, 1.54) is 0 Å². The third-order valence-corrected chi connectivity index (χ3v) is 3.91. The van der Waals surface area contributed by atoms with E-state index in [0.29, 0.717) is 18.5 Å². The fraction of sp³-hybridized carbons (Fsp3) is 0.333. The van der Waals surface area contributed by atoms with Crippen molar-refractivity contribution in [1.82, 2.24) is 10.3 Å². The van der Waals surface area contributed by atoms with Gasteiger partial charge in [-0.05, 0) is 37.0 Å². The summed E-state index contributed by atoms with van der Waals surface area (Å²) in [6.07, 6.45) is 2.11. The molecule has 0 bridgehead atoms. The van der Waals surface area contributed by atoms with Crippen molar-refractivity contribution in [3.8, 4) is 0 Å². The number of nitrogens with one attached hydrogen (secondary N) is 1. The molecule has 2 rings (SSSR count). The normalized spacial score (nSPS) is 13.5. The van der Waals surface area contributed by atoms with Gasteiger partial charge >= 0.3 is 0 Å². The SMILES string of the molecule is CCC(O)(C(=O)NCc1cc(C)cnc1C)c1ccccc1. The first-order chi connectivity index (χ1) is 10.5. The minimum absolute atomic E-state index is 0.313. The van der Waals surface area contributed by atoms with Crippen LogP contribution in [-0.4, -0.2) is 16.0 Å². The average molecular weight is 298 g/mol. The van der Waals surface area contributed by atoms with E-state index in [4.69, 9.17) is 0 Å². The molecule has 0 fully saturated rings. The lowest BCUT2D eigenvalue weighted by atomic mass is 9.90. The van der Waals surface area contributed by atoms with E-state index in [1.54, 1.807) is 25.3 Å². The number of carbonyl (C=O) groups is 1. The largest absolute Gasteiger partial charge is 0.375 e. The maximum atomic E-state index is 12.5. The Morgan fingerprint density at radius 2 is 1.95 bits per heavy atom. The van der Waals surface area contributed by atoms with Crippen molar-refractivity contribution in [2.75, 3.05) is 0 Å². The van der Waals surface area contributed by atoms with E-state index in [0.717, 1.165) is 16.8 Å². The van der Waals surface area contributed by atoms with E-state index in [2.05, 4.69) is 10.3 Å². The maximum Gasteiger partial charge on any atom is 0.256 e. The smallest absolute Gasteiger partial charge is 0.256 e. The highest BCUT2D eigenvalue weighted by Gasteiger charge is 2.35. The van der Waals surface area contributed by atoms with Gasteiger partial charge in [-0.25, -0.2) is 0 Å². The number of nitrogens with zero attached hydrogens (tertiary/aromatic N) is 1. The quantitative estimate of drug-likeness (QED) is 0.892. The molecule has 0 aliphatic heterocycles. The zero-order valence-electron chi connectivity index (χ0n) is 13.3. The number of carbonyl (C=O) groups excluding carboxylic acids is 1. The number of hydrogen-bond acceptors (Lipinski definition) is 3. The zero-order valence-corrected chi connectivity index (χ0v) is 13.3. The summed E-state index contributed by atoms with van der Waals surface area (Å²) in [4.78, 5) is 16.8. The van der Waals surface area contributed by atoms with Gasteiger partial charge in [0.1, 0.15) is 0 Å². The Bertz CT molecular complexity index is 655. The number of amides is 1. The number of hydrogen-bond donors (Lipinski definition) is 2. The first kappa shape index (κ1) is 16.2. The Morgan fingerprint density at radius 3 is 2.59 bits per heavy atom. The van der Waals surface area contributed by atoms with Crippen molar-refractivity contribution in [3.63, 3.8) is 0 Å². The van der Waals surface area contributed by atoms with Crippen molar-refractivity contribution < 1.29 is 9.90 Å². The van der Waals surface area contributed by atoms with Gasteiger partial charge in [0.05, 0.1) is 0 Å². The van der Waals surface area contributed by atoms with Crippen LogP contribution in [0.5, 0.6) is 0 Å². The van der Waals surface area contributed by atoms with Crippen LogP contribution in [0.15, 0.2) is 42.6 Å². The molecule has 0 aliphatic carbocycles. The Labute approximate surface area is 131 Å². The Hall–Kier alpha value is -2.20. The molecule has 0 saturated heterocycles. The molecule has 0 aliphatic rings. The van der Waals surface area contributed by atoms with Crippen LogP contribution in [0.3, 0.4) is 0 Å². The summed E-state index contributed by atoms with van der Waals surface area (Å²) >= 11 is 0. The highest BCUT2D eigenvalue weighted by molar-refractivity contribution is 5.86. The van der Waals surface area contributed by atoms with Gasteiger partial charge in [-0.1, -0.05) is 43.3 Å². The van der Waals surface area contributed by atoms with E-state index < -0.39 is 5.60 Å². The fourth-order valence-corrected chi connectivity index (χ4v) is 2.41. The van der Waals surface area contributed by atoms with E-state index >= 15 is 0 Å². The number of aliphatic hydroxyl groups is 1. The molecule has 1 heterocycles. The summed E-state index contributed by atoms with van der Waals surface area (Å²) in [5, 5.41) is 13.6. The monoisotopic (exact) mass is 298 g/mol. The van der Waals surface area contributed by atoms with E-state index in [-0.39, 0.29) is 5.91 Å². The lowest BCUT2D eigenvalue weighted by molar-refractivity contribution is -0.141. The standard InChI is InChI=1S/C18H22N2O2/c1-4-18(22,16-8-6-5-7-9-16)17(21)20-12-15-10-13(2)11-19-14(15)3/h5-11,22H,4,12H2,1-3H3,(H,20,21). The molecule has 116 valence electrons. The number of aryl methyl sites for hydroxylation is 2. The summed E-state index contributed by atoms with van der Waals surface area (Å²) < 4.78 is 0. The maximum absolute atomic E-state index is 12.5. The first-order valence-corrected chi connectivity index (χ1v) is 7.45. The van der Waals surface area contributed by atoms with Crippen LogP contribution < -0.4 is 5.32 Å². The topological polar surface area (TPSA) is 62.2 Å². The van der Waals surface area contributed by atoms with Crippen LogP contribution >= 0.6 is 0 Å². The first-order valence-electron chi connectivity index (χ1n) is 7.45. The number of pyridine rings is 1. The van der Waals surface area contributed by atoms with Crippen molar-refractivity contribution in [2.45, 2.75) is 39.3 Å². The predicted molar refractivity (Wildman–Crippen MR) is 86.2 cm³/mol. The van der Waals surface area contributed by atoms with E-state index in [1.807, 2.05) is 38.1 Å². The Morgan fingerprint density at radius 1 is 1.27 bits per heavy atom. The van der Waals surface area contributed by atoms with Crippen molar-refractivity contribution in [2.24, 2.45) is 0 Å². The van der Waals surface area contributed by atoms with E-state index in [9.17, 15) is 9.90 Å². The van der Waals surface area contributed by atoms with Crippen LogP contribution in [0.4, 0.5) is 0 Å². The summed E-state index contributed by atoms with van der Waals surface area (Å²) in [5.41, 5.74) is 1.98. The van der Waals surface area contributed by atoms with Gasteiger partial charge in [-0.3, -0.25) is 9.78 Å². The summed E-state index contributed by atoms with van der Waals surface area (Å²) in [7, 11) is 0. The number of benzene rings is 1. The molecule has 2 N–H and O–H groups in total. The van der Waals surface area contributed by atoms with Crippen LogP contribution in [-0.2, 0) is 16.9 Å². The van der Waals surface area contributed by atoms with Gasteiger partial charge in [0.2, 0.25) is 0 Å². The lowest BCUT2D eigenvalue weighted by Crippen LogP contribution is -2.43. The molecule has 0 radical (unpaired) electrons. The highest BCUT2D eigenvalue weighted by Crippen LogP contribution is 2.25. The van der Waals surface area contributed by atoms with Crippen molar-refractivity contribution in [3.05, 3.63) is 65.0 Å². The second kappa shape index (κ2) is 6.71. The van der Waals surface area contributed by atoms with Crippen LogP contribution in [0.25, 0.3) is 0 Å². The molecule has 1 amide bonds. The summed E-state index contributed by atoms with van der Waals surface area (Å²) in [6, 6.07) is 11.0. The lowest BCUT2D eigenvalue weighted by Gasteiger charge is -2.26. The molecule has 0 spiro atoms. The minimum Gasteiger partial charge on any atom is -0.375 e. The third-order valence-electron chi connectivity index (χ3n) is 3.91. The molecule has 4 heteroatoms. The number of aromatic nitrogens is 1. The second-order valence-corrected chi connectivity index (χ2v) is 5.52. The van der Waals surface area contributed by atoms with Gasteiger partial charge in [-0.2, -0.15) is 0 Å². The van der Waals surface area contributed by atoms with Gasteiger partial charge < -0.3 is 10.4 Å². The molecule has 22 heavy (non-hydrogen) atoms. The molecule has 1 aromatic carbocycles. The Kier molecular flexibility index (Phi) is 4.93. The highest BCUT2D eigenvalue weighted by atomic mass is 16.3. The van der Waals surface area contributed by atoms with Crippen LogP contribution in [0, 0.1) is 13.8 Å². The fourth-order valence-electron chi connectivity index (χ4n) is 2.41. The van der Waals surface area contributed by atoms with Gasteiger partial charge in [0, 0.05) is 18.4 Å². The zero-order chi connectivity index (χ0) is 16.2. The molecule has 1 atom stereocenters. The molecular weight excluding hydrogens is 276 g/mol. The van der Waals surface area contributed by atoms with Gasteiger partial charge in [0.25, 0.3) is 5.91 Å². The summed E-state index contributed by atoms with van der Waals surface area (Å²) in [5.74, 6) is -0.387. The Balaban J connectivity index is 2.15. The van der Waals surface area contributed by atoms with Crippen molar-refractivity contribution in [1.29, 1.82) is 0 Å². The average Bonchev–Trinajstić information content (AvgIpc) is 2.55. The molecule has 1 unspecified atom stereocenters. The van der Waals surface area contributed by atoms with Crippen molar-refractivity contribution >= 4 is 5.91 Å². The third kappa shape index (κ3) is 3.34. The molecule has 2 aromatic rings. The van der Waals surface area contributed by atoms with Gasteiger partial charge in [0.15, 0.2) is 5.60 Å². The summed E-state index contributed by atoms with van der Waals surface area (Å²) in [6.45, 7) is 6.02.